The molecule has 0 fully saturated rings. The summed E-state index contributed by atoms with van der Waals surface area (Å²) in [7, 11) is 0. The maximum Gasteiger partial charge on any atom is 0.355 e. The lowest BCUT2D eigenvalue weighted by Gasteiger charge is -2.05. The van der Waals surface area contributed by atoms with Crippen LogP contribution in [0.5, 0.6) is 0 Å². The molecule has 0 heterocycles. The summed E-state index contributed by atoms with van der Waals surface area (Å²) in [5, 5.41) is 14.7. The highest BCUT2D eigenvalue weighted by Crippen LogP contribution is 2.04. The molecule has 0 aliphatic carbocycles. The SMILES string of the molecule is CCOC(=O)C(S)CC(=O)O.CCOOC(=O)C(S)CC(=O)O. The van der Waals surface area contributed by atoms with Gasteiger partial charge in [0.25, 0.3) is 0 Å². The van der Waals surface area contributed by atoms with Crippen molar-refractivity contribution in [2.24, 2.45) is 0 Å². The molecule has 23 heavy (non-hydrogen) atoms. The molecule has 0 saturated heterocycles. The Labute approximate surface area is 144 Å². The summed E-state index contributed by atoms with van der Waals surface area (Å²) >= 11 is 7.44. The monoisotopic (exact) mass is 372 g/mol. The van der Waals surface area contributed by atoms with Crippen molar-refractivity contribution >= 4 is 49.1 Å². The van der Waals surface area contributed by atoms with Crippen LogP contribution in [0.3, 0.4) is 0 Å². The number of rotatable bonds is 9. The Kier molecular flexibility index (Phi) is 14.6. The van der Waals surface area contributed by atoms with E-state index < -0.39 is 34.4 Å². The number of hydrogen-bond donors (Lipinski definition) is 4. The Balaban J connectivity index is 0. The van der Waals surface area contributed by atoms with E-state index in [0.717, 1.165) is 0 Å². The third kappa shape index (κ3) is 15.2. The molecule has 0 aliphatic heterocycles. The number of carboxylic acid groups (broad SMARTS) is 2. The van der Waals surface area contributed by atoms with Crippen LogP contribution in [0.2, 0.25) is 0 Å². The van der Waals surface area contributed by atoms with Crippen molar-refractivity contribution in [2.75, 3.05) is 13.2 Å². The van der Waals surface area contributed by atoms with Crippen molar-refractivity contribution in [3.05, 3.63) is 0 Å². The van der Waals surface area contributed by atoms with Gasteiger partial charge in [-0.15, -0.1) is 0 Å². The predicted molar refractivity (Wildman–Crippen MR) is 84.4 cm³/mol. The number of thiol groups is 2. The van der Waals surface area contributed by atoms with Crippen LogP contribution in [0.15, 0.2) is 0 Å². The maximum absolute atomic E-state index is 10.8. The van der Waals surface area contributed by atoms with Crippen LogP contribution in [0.1, 0.15) is 26.7 Å². The molecule has 0 rings (SSSR count). The fourth-order valence-electron chi connectivity index (χ4n) is 0.908. The Hall–Kier alpha value is -1.46. The van der Waals surface area contributed by atoms with E-state index in [1.807, 2.05) is 0 Å². The Bertz CT molecular complexity index is 400. The molecule has 0 spiro atoms. The van der Waals surface area contributed by atoms with Crippen molar-refractivity contribution in [3.8, 4) is 0 Å². The molecular formula is C12H20O9S2. The lowest BCUT2D eigenvalue weighted by atomic mass is 10.3. The van der Waals surface area contributed by atoms with Gasteiger partial charge in [0.15, 0.2) is 0 Å². The van der Waals surface area contributed by atoms with Crippen molar-refractivity contribution < 1.29 is 43.9 Å². The minimum absolute atomic E-state index is 0.222. The van der Waals surface area contributed by atoms with Gasteiger partial charge < -0.3 is 14.9 Å². The molecule has 11 heteroatoms. The van der Waals surface area contributed by atoms with Crippen LogP contribution in [-0.2, 0) is 33.7 Å². The van der Waals surface area contributed by atoms with E-state index in [1.165, 1.54) is 0 Å². The highest BCUT2D eigenvalue weighted by Gasteiger charge is 2.19. The van der Waals surface area contributed by atoms with Gasteiger partial charge in [-0.1, -0.05) is 0 Å². The first-order valence-electron chi connectivity index (χ1n) is 6.45. The number of carbonyl (C=O) groups excluding carboxylic acids is 2. The van der Waals surface area contributed by atoms with Gasteiger partial charge in [0, 0.05) is 0 Å². The zero-order chi connectivity index (χ0) is 18.4. The second kappa shape index (κ2) is 14.2. The summed E-state index contributed by atoms with van der Waals surface area (Å²) in [6.45, 7) is 3.76. The van der Waals surface area contributed by atoms with E-state index in [-0.39, 0.29) is 26.1 Å². The number of carbonyl (C=O) groups is 4. The van der Waals surface area contributed by atoms with E-state index in [4.69, 9.17) is 10.2 Å². The zero-order valence-corrected chi connectivity index (χ0v) is 14.4. The molecular weight excluding hydrogens is 352 g/mol. The Morgan fingerprint density at radius 3 is 1.65 bits per heavy atom. The molecule has 0 saturated carbocycles. The van der Waals surface area contributed by atoms with E-state index in [0.29, 0.717) is 0 Å². The molecule has 0 aromatic rings. The van der Waals surface area contributed by atoms with E-state index in [1.54, 1.807) is 13.8 Å². The van der Waals surface area contributed by atoms with Crippen molar-refractivity contribution in [1.82, 2.24) is 0 Å². The lowest BCUT2D eigenvalue weighted by molar-refractivity contribution is -0.269. The number of carboxylic acids is 2. The summed E-state index contributed by atoms with van der Waals surface area (Å²) in [4.78, 5) is 50.1. The number of esters is 1. The summed E-state index contributed by atoms with van der Waals surface area (Å²) in [6, 6.07) is 0. The van der Waals surface area contributed by atoms with Crippen LogP contribution in [0.4, 0.5) is 0 Å². The van der Waals surface area contributed by atoms with E-state index in [2.05, 4.69) is 39.8 Å². The number of ether oxygens (including phenoxy) is 1. The van der Waals surface area contributed by atoms with Gasteiger partial charge in [-0.05, 0) is 13.8 Å². The second-order valence-corrected chi connectivity index (χ2v) is 5.03. The number of aliphatic carboxylic acids is 2. The van der Waals surface area contributed by atoms with Crippen LogP contribution in [0, 0.1) is 0 Å². The van der Waals surface area contributed by atoms with Crippen LogP contribution in [0.25, 0.3) is 0 Å². The first-order valence-corrected chi connectivity index (χ1v) is 7.48. The molecule has 0 aliphatic rings. The summed E-state index contributed by atoms with van der Waals surface area (Å²) in [5.74, 6) is -3.54. The predicted octanol–water partition coefficient (Wildman–Crippen LogP) is 0.577. The molecule has 0 radical (unpaired) electrons. The van der Waals surface area contributed by atoms with Gasteiger partial charge in [0.05, 0.1) is 26.1 Å². The molecule has 0 amide bonds. The van der Waals surface area contributed by atoms with Gasteiger partial charge in [-0.3, -0.25) is 19.3 Å². The molecule has 0 bridgehead atoms. The molecule has 2 atom stereocenters. The normalized spacial score (nSPS) is 12.2. The third-order valence-corrected chi connectivity index (χ3v) is 2.61. The van der Waals surface area contributed by atoms with Crippen molar-refractivity contribution in [3.63, 3.8) is 0 Å². The average Bonchev–Trinajstić information content (AvgIpc) is 2.44. The molecule has 0 aromatic heterocycles. The number of hydrogen-bond acceptors (Lipinski definition) is 9. The van der Waals surface area contributed by atoms with Gasteiger partial charge in [0.2, 0.25) is 0 Å². The van der Waals surface area contributed by atoms with Crippen molar-refractivity contribution in [1.29, 1.82) is 0 Å². The van der Waals surface area contributed by atoms with Crippen LogP contribution in [-0.4, -0.2) is 57.8 Å². The fraction of sp³-hybridized carbons (Fsp3) is 0.667. The minimum Gasteiger partial charge on any atom is -0.481 e. The largest absolute Gasteiger partial charge is 0.481 e. The summed E-state index contributed by atoms with van der Waals surface area (Å²) in [5.41, 5.74) is 0. The molecule has 2 unspecified atom stereocenters. The Morgan fingerprint density at radius 2 is 1.30 bits per heavy atom. The molecule has 134 valence electrons. The quantitative estimate of drug-likeness (QED) is 0.198. The first-order chi connectivity index (χ1) is 10.6. The fourth-order valence-corrected chi connectivity index (χ4v) is 1.34. The van der Waals surface area contributed by atoms with Gasteiger partial charge in [-0.2, -0.15) is 30.1 Å². The Morgan fingerprint density at radius 1 is 0.870 bits per heavy atom. The van der Waals surface area contributed by atoms with Crippen LogP contribution >= 0.6 is 25.3 Å². The average molecular weight is 372 g/mol. The third-order valence-electron chi connectivity index (χ3n) is 1.83. The molecule has 0 aromatic carbocycles. The standard InChI is InChI=1S/C6H10O5S.C6H10O4S/c1-2-10-11-6(9)4(12)3-5(7)8;1-2-10-6(9)4(11)3-5(7)8/h4,12H,2-3H2,1H3,(H,7,8);4,11H,2-3H2,1H3,(H,7,8). The molecule has 2 N–H and O–H groups in total. The highest BCUT2D eigenvalue weighted by molar-refractivity contribution is 7.82. The minimum atomic E-state index is -1.11. The highest BCUT2D eigenvalue weighted by atomic mass is 32.1. The maximum atomic E-state index is 10.8. The van der Waals surface area contributed by atoms with E-state index in [9.17, 15) is 19.2 Å². The summed E-state index contributed by atoms with van der Waals surface area (Å²) < 4.78 is 4.53. The second-order valence-electron chi connectivity index (χ2n) is 3.79. The first kappa shape index (κ1) is 23.8. The topological polar surface area (TPSA) is 136 Å². The van der Waals surface area contributed by atoms with Gasteiger partial charge in [0.1, 0.15) is 10.5 Å². The van der Waals surface area contributed by atoms with Crippen LogP contribution < -0.4 is 0 Å². The van der Waals surface area contributed by atoms with Gasteiger partial charge in [-0.25, -0.2) is 4.79 Å². The van der Waals surface area contributed by atoms with Crippen molar-refractivity contribution in [2.45, 2.75) is 37.2 Å². The zero-order valence-electron chi connectivity index (χ0n) is 12.6. The van der Waals surface area contributed by atoms with E-state index >= 15 is 0 Å². The smallest absolute Gasteiger partial charge is 0.355 e. The van der Waals surface area contributed by atoms with Gasteiger partial charge >= 0.3 is 23.9 Å². The summed E-state index contributed by atoms with van der Waals surface area (Å²) in [6.07, 6.45) is -0.684. The lowest BCUT2D eigenvalue weighted by Crippen LogP contribution is -2.21. The molecule has 9 nitrogen and oxygen atoms in total.